The van der Waals surface area contributed by atoms with Crippen LogP contribution in [0.5, 0.6) is 0 Å². The van der Waals surface area contributed by atoms with Crippen LogP contribution in [-0.2, 0) is 0 Å². The summed E-state index contributed by atoms with van der Waals surface area (Å²) < 4.78 is 0. The van der Waals surface area contributed by atoms with E-state index in [2.05, 4.69) is 0 Å². The second-order valence-corrected chi connectivity index (χ2v) is 2.31. The summed E-state index contributed by atoms with van der Waals surface area (Å²) in [5.74, 6) is 0. The number of hydrogen-bond acceptors (Lipinski definition) is 2. The van der Waals surface area contributed by atoms with Crippen LogP contribution in [-0.4, -0.2) is 22.9 Å². The standard InChI is InChI=1S/C8H16O2/c1-3-7(6-9)5-8(10)4-2/h5,8-10H,3-4,6H2,1-2H3/b7-5-. The Morgan fingerprint density at radius 3 is 2.40 bits per heavy atom. The van der Waals surface area contributed by atoms with Gasteiger partial charge in [-0.3, -0.25) is 0 Å². The number of rotatable bonds is 4. The minimum absolute atomic E-state index is 0.0631. The molecule has 2 heteroatoms. The van der Waals surface area contributed by atoms with Crippen molar-refractivity contribution in [3.63, 3.8) is 0 Å². The van der Waals surface area contributed by atoms with Crippen LogP contribution < -0.4 is 0 Å². The highest BCUT2D eigenvalue weighted by molar-refractivity contribution is 5.04. The second kappa shape index (κ2) is 5.45. The Balaban J connectivity index is 3.83. The first kappa shape index (κ1) is 9.66. The van der Waals surface area contributed by atoms with E-state index in [1.807, 2.05) is 13.8 Å². The molecule has 0 radical (unpaired) electrons. The summed E-state index contributed by atoms with van der Waals surface area (Å²) in [7, 11) is 0. The molecule has 60 valence electrons. The summed E-state index contributed by atoms with van der Waals surface area (Å²) in [4.78, 5) is 0. The molecular weight excluding hydrogens is 128 g/mol. The maximum atomic E-state index is 9.10. The van der Waals surface area contributed by atoms with Crippen LogP contribution in [0.2, 0.25) is 0 Å². The van der Waals surface area contributed by atoms with Crippen LogP contribution in [0.3, 0.4) is 0 Å². The second-order valence-electron chi connectivity index (χ2n) is 2.31. The van der Waals surface area contributed by atoms with E-state index >= 15 is 0 Å². The van der Waals surface area contributed by atoms with Crippen LogP contribution >= 0.6 is 0 Å². The van der Waals surface area contributed by atoms with Gasteiger partial charge in [-0.25, -0.2) is 0 Å². The van der Waals surface area contributed by atoms with Crippen molar-refractivity contribution in [2.75, 3.05) is 6.61 Å². The van der Waals surface area contributed by atoms with E-state index in [-0.39, 0.29) is 12.7 Å². The maximum Gasteiger partial charge on any atom is 0.0721 e. The first-order chi connectivity index (χ1) is 4.74. The molecule has 0 bridgehead atoms. The molecule has 2 nitrogen and oxygen atoms in total. The van der Waals surface area contributed by atoms with Crippen LogP contribution in [0.25, 0.3) is 0 Å². The molecule has 2 N–H and O–H groups in total. The van der Waals surface area contributed by atoms with E-state index in [1.165, 1.54) is 0 Å². The molecule has 0 fully saturated rings. The first-order valence-corrected chi connectivity index (χ1v) is 3.73. The van der Waals surface area contributed by atoms with Gasteiger partial charge in [-0.1, -0.05) is 19.9 Å². The van der Waals surface area contributed by atoms with Gasteiger partial charge in [0.2, 0.25) is 0 Å². The number of hydrogen-bond donors (Lipinski definition) is 2. The van der Waals surface area contributed by atoms with Gasteiger partial charge in [0.1, 0.15) is 0 Å². The smallest absolute Gasteiger partial charge is 0.0721 e. The molecular formula is C8H16O2. The zero-order valence-corrected chi connectivity index (χ0v) is 6.67. The lowest BCUT2D eigenvalue weighted by Crippen LogP contribution is -2.02. The van der Waals surface area contributed by atoms with E-state index in [4.69, 9.17) is 10.2 Å². The quantitative estimate of drug-likeness (QED) is 0.580. The van der Waals surface area contributed by atoms with E-state index in [0.717, 1.165) is 12.0 Å². The van der Waals surface area contributed by atoms with Gasteiger partial charge in [-0.05, 0) is 18.4 Å². The van der Waals surface area contributed by atoms with Crippen LogP contribution in [0.15, 0.2) is 11.6 Å². The summed E-state index contributed by atoms with van der Waals surface area (Å²) in [5.41, 5.74) is 0.911. The average molecular weight is 144 g/mol. The average Bonchev–Trinajstić information content (AvgIpc) is 1.99. The van der Waals surface area contributed by atoms with E-state index in [0.29, 0.717) is 6.42 Å². The predicted octanol–water partition coefficient (Wildman–Crippen LogP) is 1.09. The molecule has 1 atom stereocenters. The molecule has 0 aromatic heterocycles. The van der Waals surface area contributed by atoms with Crippen molar-refractivity contribution in [2.24, 2.45) is 0 Å². The van der Waals surface area contributed by atoms with Crippen molar-refractivity contribution in [2.45, 2.75) is 32.8 Å². The van der Waals surface area contributed by atoms with Gasteiger partial charge in [0, 0.05) is 0 Å². The summed E-state index contributed by atoms with van der Waals surface area (Å²) in [6, 6.07) is 0. The SMILES string of the molecule is CC/C(=C/C(O)CC)CO. The molecule has 0 saturated carbocycles. The summed E-state index contributed by atoms with van der Waals surface area (Å²) >= 11 is 0. The van der Waals surface area contributed by atoms with Gasteiger partial charge in [0.25, 0.3) is 0 Å². The lowest BCUT2D eigenvalue weighted by atomic mass is 10.1. The highest BCUT2D eigenvalue weighted by Crippen LogP contribution is 2.02. The fraction of sp³-hybridized carbons (Fsp3) is 0.750. The highest BCUT2D eigenvalue weighted by Gasteiger charge is 1.97. The van der Waals surface area contributed by atoms with Crippen molar-refractivity contribution in [3.8, 4) is 0 Å². The minimum atomic E-state index is -0.387. The number of aliphatic hydroxyl groups is 2. The van der Waals surface area contributed by atoms with Gasteiger partial charge in [-0.2, -0.15) is 0 Å². The topological polar surface area (TPSA) is 40.5 Å². The molecule has 0 spiro atoms. The molecule has 0 aromatic rings. The molecule has 0 amide bonds. The number of aliphatic hydroxyl groups excluding tert-OH is 2. The molecule has 1 unspecified atom stereocenters. The third-order valence-corrected chi connectivity index (χ3v) is 1.50. The van der Waals surface area contributed by atoms with Gasteiger partial charge >= 0.3 is 0 Å². The Labute approximate surface area is 62.2 Å². The molecule has 0 aliphatic rings. The largest absolute Gasteiger partial charge is 0.392 e. The Morgan fingerprint density at radius 1 is 1.50 bits per heavy atom. The monoisotopic (exact) mass is 144 g/mol. The van der Waals surface area contributed by atoms with Crippen molar-refractivity contribution < 1.29 is 10.2 Å². The van der Waals surface area contributed by atoms with Crippen molar-refractivity contribution in [1.82, 2.24) is 0 Å². The first-order valence-electron chi connectivity index (χ1n) is 3.73. The van der Waals surface area contributed by atoms with Crippen molar-refractivity contribution >= 4 is 0 Å². The van der Waals surface area contributed by atoms with Crippen LogP contribution in [0.4, 0.5) is 0 Å². The lowest BCUT2D eigenvalue weighted by molar-refractivity contribution is 0.215. The van der Waals surface area contributed by atoms with Gasteiger partial charge < -0.3 is 10.2 Å². The lowest BCUT2D eigenvalue weighted by Gasteiger charge is -2.03. The fourth-order valence-corrected chi connectivity index (χ4v) is 0.672. The van der Waals surface area contributed by atoms with Crippen LogP contribution in [0, 0.1) is 0 Å². The van der Waals surface area contributed by atoms with Crippen molar-refractivity contribution in [3.05, 3.63) is 11.6 Å². The molecule has 0 heterocycles. The third kappa shape index (κ3) is 3.64. The summed E-state index contributed by atoms with van der Waals surface area (Å²) in [6.45, 7) is 3.93. The fourth-order valence-electron chi connectivity index (χ4n) is 0.672. The van der Waals surface area contributed by atoms with Gasteiger partial charge in [0.15, 0.2) is 0 Å². The predicted molar refractivity (Wildman–Crippen MR) is 41.8 cm³/mol. The van der Waals surface area contributed by atoms with Gasteiger partial charge in [-0.15, -0.1) is 0 Å². The Kier molecular flexibility index (Phi) is 5.26. The highest BCUT2D eigenvalue weighted by atomic mass is 16.3. The summed E-state index contributed by atoms with van der Waals surface area (Å²) in [6.07, 6.45) is 2.86. The molecule has 0 aromatic carbocycles. The van der Waals surface area contributed by atoms with E-state index in [9.17, 15) is 0 Å². The summed E-state index contributed by atoms with van der Waals surface area (Å²) in [5, 5.41) is 17.8. The third-order valence-electron chi connectivity index (χ3n) is 1.50. The van der Waals surface area contributed by atoms with E-state index in [1.54, 1.807) is 6.08 Å². The molecule has 0 saturated heterocycles. The Bertz CT molecular complexity index is 102. The molecule has 0 aliphatic carbocycles. The van der Waals surface area contributed by atoms with Crippen molar-refractivity contribution in [1.29, 1.82) is 0 Å². The van der Waals surface area contributed by atoms with Gasteiger partial charge in [0.05, 0.1) is 12.7 Å². The minimum Gasteiger partial charge on any atom is -0.392 e. The molecule has 10 heavy (non-hydrogen) atoms. The molecule has 0 aliphatic heterocycles. The Morgan fingerprint density at radius 2 is 2.10 bits per heavy atom. The zero-order valence-electron chi connectivity index (χ0n) is 6.67. The van der Waals surface area contributed by atoms with Crippen LogP contribution in [0.1, 0.15) is 26.7 Å². The zero-order chi connectivity index (χ0) is 7.98. The normalized spacial score (nSPS) is 15.4. The maximum absolute atomic E-state index is 9.10. The Hall–Kier alpha value is -0.340. The van der Waals surface area contributed by atoms with E-state index < -0.39 is 0 Å². The molecule has 0 rings (SSSR count).